The maximum Gasteiger partial charge on any atom is 0.0629 e. The molecule has 0 aromatic carbocycles. The lowest BCUT2D eigenvalue weighted by Crippen LogP contribution is -2.68. The van der Waals surface area contributed by atoms with Crippen molar-refractivity contribution in [2.75, 3.05) is 6.61 Å². The van der Waals surface area contributed by atoms with Crippen LogP contribution in [0.2, 0.25) is 0 Å². The zero-order chi connectivity index (χ0) is 34.8. The van der Waals surface area contributed by atoms with E-state index in [-0.39, 0.29) is 27.8 Å². The van der Waals surface area contributed by atoms with Crippen molar-refractivity contribution < 1.29 is 9.84 Å². The molecule has 5 aliphatic carbocycles. The molecule has 2 heteroatoms. The topological polar surface area (TPSA) is 29.5 Å². The Morgan fingerprint density at radius 3 is 1.85 bits per heavy atom. The number of allylic oxidation sites excluding steroid dienone is 2. The number of hydrogen-bond acceptors (Lipinski definition) is 2. The van der Waals surface area contributed by atoms with Gasteiger partial charge in [0, 0.05) is 12.0 Å². The first-order chi connectivity index (χ1) is 22.7. The molecule has 0 aliphatic heterocycles. The third-order valence-corrected chi connectivity index (χ3v) is 16.9. The molecule has 4 saturated carbocycles. The van der Waals surface area contributed by atoms with Crippen LogP contribution in [0.25, 0.3) is 0 Å². The van der Waals surface area contributed by atoms with Gasteiger partial charge in [-0.25, -0.2) is 0 Å². The minimum atomic E-state index is -0.237. The van der Waals surface area contributed by atoms with Crippen molar-refractivity contribution in [1.29, 1.82) is 0 Å². The van der Waals surface area contributed by atoms with E-state index in [0.29, 0.717) is 34.7 Å². The molecule has 48 heavy (non-hydrogen) atoms. The Hall–Kier alpha value is -0.340. The van der Waals surface area contributed by atoms with Crippen LogP contribution in [0.15, 0.2) is 11.6 Å². The van der Waals surface area contributed by atoms with E-state index in [4.69, 9.17) is 4.74 Å². The highest BCUT2D eigenvalue weighted by Crippen LogP contribution is 2.75. The molecule has 0 saturated heterocycles. The van der Waals surface area contributed by atoms with Gasteiger partial charge in [-0.2, -0.15) is 0 Å². The van der Waals surface area contributed by atoms with Crippen LogP contribution in [-0.4, -0.2) is 23.9 Å². The Bertz CT molecular complexity index is 1070. The van der Waals surface area contributed by atoms with E-state index in [9.17, 15) is 5.11 Å². The highest BCUT2D eigenvalue weighted by molar-refractivity contribution is 5.34. The smallest absolute Gasteiger partial charge is 0.0629 e. The molecule has 4 fully saturated rings. The van der Waals surface area contributed by atoms with Crippen molar-refractivity contribution in [3.8, 4) is 0 Å². The molecule has 0 bridgehead atoms. The van der Waals surface area contributed by atoms with Gasteiger partial charge in [-0.1, -0.05) is 157 Å². The largest absolute Gasteiger partial charge is 0.393 e. The summed E-state index contributed by atoms with van der Waals surface area (Å²) in [5.41, 5.74) is 3.03. The van der Waals surface area contributed by atoms with Crippen LogP contribution in [0.3, 0.4) is 0 Å². The fourth-order valence-corrected chi connectivity index (χ4v) is 13.3. The molecule has 2 nitrogen and oxygen atoms in total. The standard InChI is InChI=1S/C46H82O2/c1-10-11-12-13-14-15-16-17-18-19-20-21-22-23-32-48-40-26-27-44(7)37-25-24-35-36-34-41(2,3)28-29-43(36,6)30-31-45(35,8)46(37,9)39(47)33-38(44)42(40,4)5/h24,36-40,47H,10-23,25-34H2,1-9H3/t36-,37-,38?,39+,40+,43-,44-,45-,46+/m1/s1. The Labute approximate surface area is 299 Å². The third kappa shape index (κ3) is 7.30. The predicted molar refractivity (Wildman–Crippen MR) is 206 cm³/mol. The Morgan fingerprint density at radius 2 is 1.25 bits per heavy atom. The average Bonchev–Trinajstić information content (AvgIpc) is 3.03. The van der Waals surface area contributed by atoms with E-state index in [1.165, 1.54) is 141 Å². The van der Waals surface area contributed by atoms with Crippen LogP contribution in [0.1, 0.15) is 210 Å². The molecule has 1 unspecified atom stereocenters. The number of hydrogen-bond donors (Lipinski definition) is 1. The molecular formula is C46H82O2. The van der Waals surface area contributed by atoms with E-state index < -0.39 is 0 Å². The molecule has 0 spiro atoms. The van der Waals surface area contributed by atoms with Gasteiger partial charge in [0.1, 0.15) is 0 Å². The van der Waals surface area contributed by atoms with E-state index in [0.717, 1.165) is 13.0 Å². The van der Waals surface area contributed by atoms with Crippen LogP contribution in [0.4, 0.5) is 0 Å². The molecule has 0 aromatic rings. The summed E-state index contributed by atoms with van der Waals surface area (Å²) < 4.78 is 6.80. The summed E-state index contributed by atoms with van der Waals surface area (Å²) in [6.45, 7) is 23.7. The summed E-state index contributed by atoms with van der Waals surface area (Å²) >= 11 is 0. The van der Waals surface area contributed by atoms with Gasteiger partial charge in [-0.05, 0) is 109 Å². The number of unbranched alkanes of at least 4 members (excludes halogenated alkanes) is 13. The normalized spacial score (nSPS) is 41.5. The summed E-state index contributed by atoms with van der Waals surface area (Å²) in [5, 5.41) is 12.5. The van der Waals surface area contributed by atoms with E-state index in [1.807, 2.05) is 0 Å². The van der Waals surface area contributed by atoms with Crippen LogP contribution in [-0.2, 0) is 4.74 Å². The Balaban J connectivity index is 1.12. The van der Waals surface area contributed by atoms with Gasteiger partial charge in [-0.3, -0.25) is 0 Å². The number of ether oxygens (including phenoxy) is 1. The van der Waals surface area contributed by atoms with Gasteiger partial charge in [0.15, 0.2) is 0 Å². The van der Waals surface area contributed by atoms with E-state index >= 15 is 0 Å². The molecule has 1 N–H and O–H groups in total. The van der Waals surface area contributed by atoms with Crippen molar-refractivity contribution in [1.82, 2.24) is 0 Å². The lowest BCUT2D eigenvalue weighted by atomic mass is 9.33. The summed E-state index contributed by atoms with van der Waals surface area (Å²) in [6.07, 6.45) is 33.7. The van der Waals surface area contributed by atoms with Crippen LogP contribution in [0, 0.1) is 50.2 Å². The molecular weight excluding hydrogens is 585 g/mol. The second kappa shape index (κ2) is 15.3. The van der Waals surface area contributed by atoms with E-state index in [2.05, 4.69) is 68.4 Å². The van der Waals surface area contributed by atoms with Gasteiger partial charge in [0.2, 0.25) is 0 Å². The number of rotatable bonds is 16. The first-order valence-electron chi connectivity index (χ1n) is 21.7. The van der Waals surface area contributed by atoms with Crippen LogP contribution >= 0.6 is 0 Å². The maximum absolute atomic E-state index is 12.5. The highest BCUT2D eigenvalue weighted by atomic mass is 16.5. The zero-order valence-electron chi connectivity index (χ0n) is 33.8. The highest BCUT2D eigenvalue weighted by Gasteiger charge is 2.70. The zero-order valence-corrected chi connectivity index (χ0v) is 33.8. The molecule has 0 amide bonds. The van der Waals surface area contributed by atoms with Gasteiger partial charge >= 0.3 is 0 Å². The van der Waals surface area contributed by atoms with Gasteiger partial charge in [0.25, 0.3) is 0 Å². The minimum absolute atomic E-state index is 0.0523. The lowest BCUT2D eigenvalue weighted by Gasteiger charge is -2.72. The number of aliphatic hydroxyl groups excluding tert-OH is 1. The average molecular weight is 667 g/mol. The monoisotopic (exact) mass is 667 g/mol. The van der Waals surface area contributed by atoms with Gasteiger partial charge in [-0.15, -0.1) is 0 Å². The predicted octanol–water partition coefficient (Wildman–Crippen LogP) is 13.6. The molecule has 0 radical (unpaired) electrons. The minimum Gasteiger partial charge on any atom is -0.393 e. The Morgan fingerprint density at radius 1 is 0.688 bits per heavy atom. The molecule has 5 rings (SSSR count). The lowest BCUT2D eigenvalue weighted by molar-refractivity contribution is -0.248. The van der Waals surface area contributed by atoms with E-state index in [1.54, 1.807) is 5.57 Å². The fourth-order valence-electron chi connectivity index (χ4n) is 13.3. The summed E-state index contributed by atoms with van der Waals surface area (Å²) in [4.78, 5) is 0. The van der Waals surface area contributed by atoms with Gasteiger partial charge < -0.3 is 9.84 Å². The summed E-state index contributed by atoms with van der Waals surface area (Å²) in [7, 11) is 0. The van der Waals surface area contributed by atoms with Crippen molar-refractivity contribution >= 4 is 0 Å². The molecule has 0 heterocycles. The van der Waals surface area contributed by atoms with Crippen molar-refractivity contribution in [2.45, 2.75) is 222 Å². The quantitative estimate of drug-likeness (QED) is 0.131. The summed E-state index contributed by atoms with van der Waals surface area (Å²) in [6, 6.07) is 0. The number of aliphatic hydroxyl groups is 1. The first-order valence-corrected chi connectivity index (χ1v) is 21.7. The molecule has 0 aromatic heterocycles. The second-order valence-corrected chi connectivity index (χ2v) is 20.8. The first kappa shape index (κ1) is 38.9. The van der Waals surface area contributed by atoms with Crippen molar-refractivity contribution in [3.63, 3.8) is 0 Å². The van der Waals surface area contributed by atoms with Gasteiger partial charge in [0.05, 0.1) is 12.2 Å². The fraction of sp³-hybridized carbons (Fsp3) is 0.957. The SMILES string of the molecule is CCCCCCCCCCCCCCCCO[C@H]1CC[C@@]2(C)C(C[C@H](O)[C@]3(C)[C@@H]2CC=C2[C@H]4CC(C)(C)CC[C@]4(C)CC[C@]23C)C1(C)C. The molecule has 278 valence electrons. The second-order valence-electron chi connectivity index (χ2n) is 20.8. The maximum atomic E-state index is 12.5. The third-order valence-electron chi connectivity index (χ3n) is 16.9. The number of fused-ring (bicyclic) bond motifs is 7. The molecule has 9 atom stereocenters. The molecule has 5 aliphatic rings. The van der Waals surface area contributed by atoms with Crippen LogP contribution in [0.5, 0.6) is 0 Å². The van der Waals surface area contributed by atoms with Crippen molar-refractivity contribution in [3.05, 3.63) is 11.6 Å². The Kier molecular flexibility index (Phi) is 12.4. The van der Waals surface area contributed by atoms with Crippen molar-refractivity contribution in [2.24, 2.45) is 50.2 Å². The van der Waals surface area contributed by atoms with Crippen LogP contribution < -0.4 is 0 Å². The summed E-state index contributed by atoms with van der Waals surface area (Å²) in [5.74, 6) is 1.74.